The maximum absolute atomic E-state index is 10.6. The minimum atomic E-state index is 0.0912. The van der Waals surface area contributed by atoms with Gasteiger partial charge in [-0.05, 0) is 76.2 Å². The van der Waals surface area contributed by atoms with Crippen molar-refractivity contribution in [1.29, 1.82) is 0 Å². The molecule has 1 saturated carbocycles. The van der Waals surface area contributed by atoms with E-state index in [1.165, 1.54) is 22.6 Å². The maximum atomic E-state index is 10.6. The average molecular weight is 498 g/mol. The second-order valence-electron chi connectivity index (χ2n) is 10.0. The van der Waals surface area contributed by atoms with Gasteiger partial charge in [-0.15, -0.1) is 0 Å². The van der Waals surface area contributed by atoms with E-state index in [1.807, 2.05) is 18.2 Å². The summed E-state index contributed by atoms with van der Waals surface area (Å²) in [4.78, 5) is 14.4. The number of fused-ring (bicyclic) bond motifs is 5. The monoisotopic (exact) mass is 497 g/mol. The standard InChI is InChI=1S/C33H27N3O2/c37-30-17-9-8-16-27(30)31-34-32(36-33(35-31)38-22-11-2-1-3-12-22)29-20-28-23-13-5-4-10-21(23)18-19-26(28)24-14-6-7-15-25(24)29/h4-10,13-20,22,37H,1-3,11-12H2. The van der Waals surface area contributed by atoms with E-state index < -0.39 is 0 Å². The first-order chi connectivity index (χ1) is 18.7. The Morgan fingerprint density at radius 1 is 0.579 bits per heavy atom. The van der Waals surface area contributed by atoms with Gasteiger partial charge in [0.15, 0.2) is 11.6 Å². The normalized spacial score (nSPS) is 14.3. The Bertz CT molecular complexity index is 1810. The highest BCUT2D eigenvalue weighted by Gasteiger charge is 2.21. The number of phenolic OH excluding ortho intramolecular Hbond substituents is 1. The Hall–Kier alpha value is -4.51. The zero-order valence-corrected chi connectivity index (χ0v) is 21.0. The molecule has 5 nitrogen and oxygen atoms in total. The van der Waals surface area contributed by atoms with Crippen molar-refractivity contribution in [3.8, 4) is 34.5 Å². The van der Waals surface area contributed by atoms with Crippen molar-refractivity contribution in [3.63, 3.8) is 0 Å². The molecule has 1 aliphatic rings. The largest absolute Gasteiger partial charge is 0.507 e. The second kappa shape index (κ2) is 9.42. The van der Waals surface area contributed by atoms with Crippen molar-refractivity contribution in [1.82, 2.24) is 15.0 Å². The number of hydrogen-bond donors (Lipinski definition) is 1. The molecule has 0 unspecified atom stereocenters. The van der Waals surface area contributed by atoms with Crippen molar-refractivity contribution in [3.05, 3.63) is 91.0 Å². The van der Waals surface area contributed by atoms with E-state index in [-0.39, 0.29) is 11.9 Å². The molecule has 0 atom stereocenters. The van der Waals surface area contributed by atoms with Crippen LogP contribution in [0, 0.1) is 0 Å². The van der Waals surface area contributed by atoms with Crippen LogP contribution in [-0.2, 0) is 0 Å². The fourth-order valence-corrected chi connectivity index (χ4v) is 5.69. The lowest BCUT2D eigenvalue weighted by Gasteiger charge is -2.22. The summed E-state index contributed by atoms with van der Waals surface area (Å²) in [6, 6.07) is 30.8. The molecule has 1 N–H and O–H groups in total. The van der Waals surface area contributed by atoms with Crippen LogP contribution in [0.4, 0.5) is 0 Å². The van der Waals surface area contributed by atoms with Crippen molar-refractivity contribution in [2.24, 2.45) is 0 Å². The van der Waals surface area contributed by atoms with Gasteiger partial charge in [-0.3, -0.25) is 0 Å². The molecule has 1 aliphatic carbocycles. The Kier molecular flexibility index (Phi) is 5.62. The Morgan fingerprint density at radius 3 is 2.05 bits per heavy atom. The predicted molar refractivity (Wildman–Crippen MR) is 152 cm³/mol. The predicted octanol–water partition coefficient (Wildman–Crippen LogP) is 8.08. The minimum absolute atomic E-state index is 0.0912. The van der Waals surface area contributed by atoms with E-state index >= 15 is 0 Å². The summed E-state index contributed by atoms with van der Waals surface area (Å²) in [5, 5.41) is 17.5. The molecule has 7 rings (SSSR count). The van der Waals surface area contributed by atoms with Crippen molar-refractivity contribution in [2.75, 3.05) is 0 Å². The molecule has 0 radical (unpaired) electrons. The molecule has 5 aromatic carbocycles. The molecule has 1 aromatic heterocycles. The molecular formula is C33H27N3O2. The van der Waals surface area contributed by atoms with Crippen LogP contribution in [0.3, 0.4) is 0 Å². The van der Waals surface area contributed by atoms with Gasteiger partial charge in [0.25, 0.3) is 0 Å². The molecule has 6 aromatic rings. The van der Waals surface area contributed by atoms with Crippen LogP contribution >= 0.6 is 0 Å². The summed E-state index contributed by atoms with van der Waals surface area (Å²) in [6.07, 6.45) is 5.63. The van der Waals surface area contributed by atoms with E-state index in [0.717, 1.165) is 47.4 Å². The van der Waals surface area contributed by atoms with Gasteiger partial charge in [0.05, 0.1) is 5.56 Å². The zero-order chi connectivity index (χ0) is 25.5. The summed E-state index contributed by atoms with van der Waals surface area (Å²) in [6.45, 7) is 0. The van der Waals surface area contributed by atoms with E-state index in [1.54, 1.807) is 12.1 Å². The quantitative estimate of drug-likeness (QED) is 0.249. The van der Waals surface area contributed by atoms with E-state index in [4.69, 9.17) is 14.7 Å². The van der Waals surface area contributed by atoms with Gasteiger partial charge < -0.3 is 9.84 Å². The first-order valence-corrected chi connectivity index (χ1v) is 13.3. The van der Waals surface area contributed by atoms with Crippen molar-refractivity contribution >= 4 is 32.3 Å². The van der Waals surface area contributed by atoms with Crippen LogP contribution < -0.4 is 4.74 Å². The summed E-state index contributed by atoms with van der Waals surface area (Å²) in [7, 11) is 0. The van der Waals surface area contributed by atoms with Crippen LogP contribution in [0.5, 0.6) is 11.8 Å². The molecule has 0 bridgehead atoms. The van der Waals surface area contributed by atoms with Crippen molar-refractivity contribution < 1.29 is 9.84 Å². The number of benzene rings is 5. The number of aromatic nitrogens is 3. The van der Waals surface area contributed by atoms with Crippen LogP contribution in [0.1, 0.15) is 32.1 Å². The molecule has 0 saturated heterocycles. The molecule has 38 heavy (non-hydrogen) atoms. The zero-order valence-electron chi connectivity index (χ0n) is 21.0. The smallest absolute Gasteiger partial charge is 0.320 e. The van der Waals surface area contributed by atoms with Crippen LogP contribution in [0.25, 0.3) is 55.1 Å². The topological polar surface area (TPSA) is 68.1 Å². The molecule has 186 valence electrons. The van der Waals surface area contributed by atoms with Gasteiger partial charge in [-0.2, -0.15) is 9.97 Å². The number of phenols is 1. The molecule has 5 heteroatoms. The highest BCUT2D eigenvalue weighted by Crippen LogP contribution is 2.38. The number of para-hydroxylation sites is 1. The van der Waals surface area contributed by atoms with E-state index in [2.05, 4.69) is 65.6 Å². The fraction of sp³-hybridized carbons (Fsp3) is 0.182. The third-order valence-corrected chi connectivity index (χ3v) is 7.59. The molecule has 1 heterocycles. The number of hydrogen-bond acceptors (Lipinski definition) is 5. The maximum Gasteiger partial charge on any atom is 0.320 e. The second-order valence-corrected chi connectivity index (χ2v) is 10.0. The fourth-order valence-electron chi connectivity index (χ4n) is 5.69. The summed E-state index contributed by atoms with van der Waals surface area (Å²) >= 11 is 0. The summed E-state index contributed by atoms with van der Waals surface area (Å²) in [5.41, 5.74) is 1.47. The van der Waals surface area contributed by atoms with Crippen LogP contribution in [0.15, 0.2) is 91.0 Å². The van der Waals surface area contributed by atoms with E-state index in [9.17, 15) is 5.11 Å². The molecule has 1 fully saturated rings. The molecule has 0 aliphatic heterocycles. The Morgan fingerprint density at radius 2 is 1.24 bits per heavy atom. The third kappa shape index (κ3) is 4.01. The summed E-state index contributed by atoms with van der Waals surface area (Å²) < 4.78 is 6.35. The third-order valence-electron chi connectivity index (χ3n) is 7.59. The highest BCUT2D eigenvalue weighted by atomic mass is 16.5. The van der Waals surface area contributed by atoms with E-state index in [0.29, 0.717) is 23.2 Å². The van der Waals surface area contributed by atoms with Crippen LogP contribution in [0.2, 0.25) is 0 Å². The number of nitrogens with zero attached hydrogens (tertiary/aromatic N) is 3. The highest BCUT2D eigenvalue weighted by molar-refractivity contribution is 6.20. The molecular weight excluding hydrogens is 470 g/mol. The molecule has 0 spiro atoms. The van der Waals surface area contributed by atoms with Gasteiger partial charge in [0, 0.05) is 5.56 Å². The number of aromatic hydroxyl groups is 1. The average Bonchev–Trinajstić information content (AvgIpc) is 2.97. The first kappa shape index (κ1) is 22.7. The van der Waals surface area contributed by atoms with Gasteiger partial charge in [-0.1, -0.05) is 79.2 Å². The lowest BCUT2D eigenvalue weighted by molar-refractivity contribution is 0.142. The van der Waals surface area contributed by atoms with Gasteiger partial charge >= 0.3 is 6.01 Å². The lowest BCUT2D eigenvalue weighted by atomic mass is 9.93. The minimum Gasteiger partial charge on any atom is -0.507 e. The lowest BCUT2D eigenvalue weighted by Crippen LogP contribution is -2.21. The number of rotatable bonds is 4. The van der Waals surface area contributed by atoms with Crippen LogP contribution in [-0.4, -0.2) is 26.2 Å². The van der Waals surface area contributed by atoms with Gasteiger partial charge in [0.1, 0.15) is 11.9 Å². The Labute approximate surface area is 220 Å². The van der Waals surface area contributed by atoms with Crippen molar-refractivity contribution in [2.45, 2.75) is 38.2 Å². The number of ether oxygens (including phenoxy) is 1. The SMILES string of the molecule is Oc1ccccc1-c1nc(OC2CCCCC2)nc(-c2cc3c4ccccc4ccc3c3ccccc23)n1. The molecule has 0 amide bonds. The first-order valence-electron chi connectivity index (χ1n) is 13.3. The Balaban J connectivity index is 1.49. The van der Waals surface area contributed by atoms with Gasteiger partial charge in [0.2, 0.25) is 0 Å². The summed E-state index contributed by atoms with van der Waals surface area (Å²) in [5.74, 6) is 1.07. The van der Waals surface area contributed by atoms with Gasteiger partial charge in [-0.25, -0.2) is 4.98 Å².